The zero-order valence-corrected chi connectivity index (χ0v) is 6.49. The number of thiol groups is 1. The molecule has 4 heteroatoms. The number of guanidine groups is 1. The Balaban J connectivity index is 3.54. The van der Waals surface area contributed by atoms with E-state index in [1.807, 2.05) is 6.92 Å². The highest BCUT2D eigenvalue weighted by atomic mass is 32.1. The van der Waals surface area contributed by atoms with Gasteiger partial charge in [-0.2, -0.15) is 12.6 Å². The molecule has 0 aromatic rings. The second-order valence-electron chi connectivity index (χ2n) is 1.69. The summed E-state index contributed by atoms with van der Waals surface area (Å²) in [5.41, 5.74) is 5.21. The highest BCUT2D eigenvalue weighted by molar-refractivity contribution is 7.80. The van der Waals surface area contributed by atoms with Gasteiger partial charge in [-0.1, -0.05) is 0 Å². The summed E-state index contributed by atoms with van der Waals surface area (Å²) in [4.78, 5) is 1.76. The quantitative estimate of drug-likeness (QED) is 0.302. The molecule has 0 spiro atoms. The van der Waals surface area contributed by atoms with E-state index in [-0.39, 0.29) is 5.96 Å². The zero-order valence-electron chi connectivity index (χ0n) is 5.59. The van der Waals surface area contributed by atoms with Crippen molar-refractivity contribution in [3.05, 3.63) is 0 Å². The van der Waals surface area contributed by atoms with Gasteiger partial charge in [0, 0.05) is 18.8 Å². The molecule has 0 atom stereocenters. The third-order valence-corrected chi connectivity index (χ3v) is 1.29. The van der Waals surface area contributed by atoms with Crippen molar-refractivity contribution in [2.45, 2.75) is 6.92 Å². The normalized spacial score (nSPS) is 9.11. The lowest BCUT2D eigenvalue weighted by molar-refractivity contribution is 0.461. The van der Waals surface area contributed by atoms with Gasteiger partial charge in [-0.05, 0) is 6.92 Å². The summed E-state index contributed by atoms with van der Waals surface area (Å²) in [6.07, 6.45) is 0. The summed E-state index contributed by atoms with van der Waals surface area (Å²) in [6.45, 7) is 3.51. The first kappa shape index (κ1) is 8.62. The molecule has 54 valence electrons. The molecule has 0 saturated carbocycles. The van der Waals surface area contributed by atoms with E-state index in [2.05, 4.69) is 12.6 Å². The van der Waals surface area contributed by atoms with E-state index in [0.717, 1.165) is 18.8 Å². The molecule has 3 N–H and O–H groups in total. The van der Waals surface area contributed by atoms with Gasteiger partial charge >= 0.3 is 0 Å². The highest BCUT2D eigenvalue weighted by Crippen LogP contribution is 1.85. The van der Waals surface area contributed by atoms with E-state index in [4.69, 9.17) is 11.1 Å². The van der Waals surface area contributed by atoms with Crippen molar-refractivity contribution in [2.75, 3.05) is 18.8 Å². The van der Waals surface area contributed by atoms with Crippen LogP contribution in [0.3, 0.4) is 0 Å². The van der Waals surface area contributed by atoms with Gasteiger partial charge in [0.05, 0.1) is 0 Å². The average Bonchev–Trinajstić information content (AvgIpc) is 1.82. The van der Waals surface area contributed by atoms with Crippen molar-refractivity contribution in [1.29, 1.82) is 5.41 Å². The molecular weight excluding hydrogens is 134 g/mol. The third-order valence-electron chi connectivity index (χ3n) is 1.09. The van der Waals surface area contributed by atoms with Crippen LogP contribution in [0.15, 0.2) is 0 Å². The minimum Gasteiger partial charge on any atom is -0.370 e. The van der Waals surface area contributed by atoms with Crippen LogP contribution in [0.2, 0.25) is 0 Å². The van der Waals surface area contributed by atoms with E-state index < -0.39 is 0 Å². The minimum absolute atomic E-state index is 0.131. The fourth-order valence-electron chi connectivity index (χ4n) is 0.570. The first-order chi connectivity index (χ1) is 4.22. The molecule has 0 aromatic heterocycles. The van der Waals surface area contributed by atoms with Crippen molar-refractivity contribution in [2.24, 2.45) is 5.73 Å². The Kier molecular flexibility index (Phi) is 4.30. The van der Waals surface area contributed by atoms with Gasteiger partial charge in [-0.15, -0.1) is 0 Å². The molecule has 0 rings (SSSR count). The van der Waals surface area contributed by atoms with E-state index in [1.165, 1.54) is 0 Å². The smallest absolute Gasteiger partial charge is 0.188 e. The molecule has 0 heterocycles. The van der Waals surface area contributed by atoms with E-state index in [0.29, 0.717) is 0 Å². The molecule has 0 aliphatic carbocycles. The van der Waals surface area contributed by atoms with Crippen LogP contribution in [0.1, 0.15) is 6.92 Å². The summed E-state index contributed by atoms with van der Waals surface area (Å²) < 4.78 is 0. The van der Waals surface area contributed by atoms with Crippen molar-refractivity contribution in [3.63, 3.8) is 0 Å². The van der Waals surface area contributed by atoms with Crippen LogP contribution in [0, 0.1) is 5.41 Å². The van der Waals surface area contributed by atoms with E-state index >= 15 is 0 Å². The lowest BCUT2D eigenvalue weighted by atomic mass is 10.5. The lowest BCUT2D eigenvalue weighted by Crippen LogP contribution is -2.37. The molecule has 0 saturated heterocycles. The Morgan fingerprint density at radius 2 is 2.33 bits per heavy atom. The maximum atomic E-state index is 7.02. The van der Waals surface area contributed by atoms with Gasteiger partial charge in [0.1, 0.15) is 0 Å². The van der Waals surface area contributed by atoms with Gasteiger partial charge in [0.25, 0.3) is 0 Å². The van der Waals surface area contributed by atoms with Gasteiger partial charge in [0.15, 0.2) is 5.96 Å². The summed E-state index contributed by atoms with van der Waals surface area (Å²) in [7, 11) is 0. The Labute approximate surface area is 61.1 Å². The third kappa shape index (κ3) is 3.24. The lowest BCUT2D eigenvalue weighted by Gasteiger charge is -2.18. The fraction of sp³-hybridized carbons (Fsp3) is 0.800. The standard InChI is InChI=1S/C5H13N3S/c1-2-8(3-4-9)5(6)7/h9H,2-4H2,1H3,(H3,6,7). The van der Waals surface area contributed by atoms with Gasteiger partial charge in [0.2, 0.25) is 0 Å². The zero-order chi connectivity index (χ0) is 7.28. The Morgan fingerprint density at radius 1 is 1.78 bits per heavy atom. The Hall–Kier alpha value is -0.380. The molecular formula is C5H13N3S. The molecule has 0 aromatic carbocycles. The first-order valence-corrected chi connectivity index (χ1v) is 3.55. The predicted molar refractivity (Wildman–Crippen MR) is 43.0 cm³/mol. The van der Waals surface area contributed by atoms with Crippen LogP contribution >= 0.6 is 12.6 Å². The Morgan fingerprint density at radius 3 is 2.44 bits per heavy atom. The second-order valence-corrected chi connectivity index (χ2v) is 2.14. The number of hydrogen-bond donors (Lipinski definition) is 3. The minimum atomic E-state index is 0.131. The molecule has 3 nitrogen and oxygen atoms in total. The molecule has 0 aliphatic heterocycles. The summed E-state index contributed by atoms with van der Waals surface area (Å²) in [5, 5.41) is 7.02. The van der Waals surface area contributed by atoms with Gasteiger partial charge in [-0.25, -0.2) is 0 Å². The number of nitrogens with one attached hydrogen (secondary N) is 1. The highest BCUT2D eigenvalue weighted by Gasteiger charge is 1.99. The number of hydrogen-bond acceptors (Lipinski definition) is 2. The number of rotatable bonds is 3. The van der Waals surface area contributed by atoms with Crippen LogP contribution < -0.4 is 5.73 Å². The maximum Gasteiger partial charge on any atom is 0.188 e. The van der Waals surface area contributed by atoms with E-state index in [1.54, 1.807) is 4.90 Å². The molecule has 0 unspecified atom stereocenters. The van der Waals surface area contributed by atoms with Crippen molar-refractivity contribution < 1.29 is 0 Å². The van der Waals surface area contributed by atoms with Crippen molar-refractivity contribution in [3.8, 4) is 0 Å². The van der Waals surface area contributed by atoms with Crippen LogP contribution in [0.5, 0.6) is 0 Å². The fourth-order valence-corrected chi connectivity index (χ4v) is 0.811. The number of nitrogens with two attached hydrogens (primary N) is 1. The molecule has 0 fully saturated rings. The molecule has 0 aliphatic rings. The van der Waals surface area contributed by atoms with Crippen LogP contribution in [-0.2, 0) is 0 Å². The predicted octanol–water partition coefficient (Wildman–Crippen LogP) is 0.132. The van der Waals surface area contributed by atoms with Gasteiger partial charge < -0.3 is 10.6 Å². The molecule has 9 heavy (non-hydrogen) atoms. The molecule has 0 radical (unpaired) electrons. The Bertz CT molecular complexity index is 94.2. The average molecular weight is 147 g/mol. The molecule has 0 bridgehead atoms. The topological polar surface area (TPSA) is 53.1 Å². The van der Waals surface area contributed by atoms with Crippen LogP contribution in [-0.4, -0.2) is 29.7 Å². The SMILES string of the molecule is CCN(CCS)C(=N)N. The monoisotopic (exact) mass is 147 g/mol. The number of nitrogens with zero attached hydrogens (tertiary/aromatic N) is 1. The van der Waals surface area contributed by atoms with E-state index in [9.17, 15) is 0 Å². The second kappa shape index (κ2) is 4.49. The van der Waals surface area contributed by atoms with Crippen molar-refractivity contribution >= 4 is 18.6 Å². The maximum absolute atomic E-state index is 7.02. The first-order valence-electron chi connectivity index (χ1n) is 2.92. The van der Waals surface area contributed by atoms with Gasteiger partial charge in [-0.3, -0.25) is 5.41 Å². The molecule has 0 amide bonds. The summed E-state index contributed by atoms with van der Waals surface area (Å²) in [6, 6.07) is 0. The summed E-state index contributed by atoms with van der Waals surface area (Å²) in [5.74, 6) is 0.875. The van der Waals surface area contributed by atoms with Crippen LogP contribution in [0.25, 0.3) is 0 Å². The largest absolute Gasteiger partial charge is 0.370 e. The summed E-state index contributed by atoms with van der Waals surface area (Å²) >= 11 is 4.01. The van der Waals surface area contributed by atoms with Crippen molar-refractivity contribution in [1.82, 2.24) is 4.90 Å². The van der Waals surface area contributed by atoms with Crippen LogP contribution in [0.4, 0.5) is 0 Å².